The topological polar surface area (TPSA) is 42.9 Å². The van der Waals surface area contributed by atoms with Gasteiger partial charge in [0.1, 0.15) is 11.5 Å². The highest BCUT2D eigenvalue weighted by Crippen LogP contribution is 2.31. The van der Waals surface area contributed by atoms with Gasteiger partial charge in [0.2, 0.25) is 0 Å². The van der Waals surface area contributed by atoms with Gasteiger partial charge in [0.25, 0.3) is 0 Å². The molecule has 0 bridgehead atoms. The molecule has 0 saturated heterocycles. The summed E-state index contributed by atoms with van der Waals surface area (Å²) in [4.78, 5) is 19.0. The zero-order valence-electron chi connectivity index (χ0n) is 7.66. The van der Waals surface area contributed by atoms with Gasteiger partial charge >= 0.3 is 0 Å². The summed E-state index contributed by atoms with van der Waals surface area (Å²) < 4.78 is 0. The van der Waals surface area contributed by atoms with E-state index in [1.807, 2.05) is 6.92 Å². The van der Waals surface area contributed by atoms with E-state index >= 15 is 0 Å². The van der Waals surface area contributed by atoms with Gasteiger partial charge in [-0.05, 0) is 31.7 Å². The van der Waals surface area contributed by atoms with E-state index in [2.05, 4.69) is 9.97 Å². The molecule has 68 valence electrons. The highest BCUT2D eigenvalue weighted by Gasteiger charge is 2.22. The summed E-state index contributed by atoms with van der Waals surface area (Å²) in [5.74, 6) is 1.59. The lowest BCUT2D eigenvalue weighted by Gasteiger charge is -2.00. The van der Waals surface area contributed by atoms with Crippen LogP contribution in [0.3, 0.4) is 0 Å². The van der Waals surface area contributed by atoms with Gasteiger partial charge in [0.05, 0.1) is 0 Å². The summed E-state index contributed by atoms with van der Waals surface area (Å²) in [5, 5.41) is 0. The number of carbonyl (C=O) groups excluding carboxylic acids is 1. The largest absolute Gasteiger partial charge is 0.296 e. The lowest BCUT2D eigenvalue weighted by atomic mass is 10.2. The smallest absolute Gasteiger partial charge is 0.168 e. The molecule has 1 aliphatic rings. The van der Waals surface area contributed by atoms with E-state index in [4.69, 9.17) is 0 Å². The molecule has 0 spiro atoms. The monoisotopic (exact) mass is 176 g/mol. The minimum Gasteiger partial charge on any atom is -0.296 e. The molecule has 1 saturated carbocycles. The van der Waals surface area contributed by atoms with E-state index in [0.29, 0.717) is 5.69 Å². The molecule has 1 aromatic rings. The number of aromatic nitrogens is 2. The Bertz CT molecular complexity index is 332. The third kappa shape index (κ3) is 2.11. The number of hydrogen-bond donors (Lipinski definition) is 0. The van der Waals surface area contributed by atoms with Crippen LogP contribution in [-0.4, -0.2) is 16.3 Å². The van der Waals surface area contributed by atoms with Crippen molar-refractivity contribution in [2.24, 2.45) is 5.92 Å². The first kappa shape index (κ1) is 8.35. The lowest BCUT2D eigenvalue weighted by Crippen LogP contribution is -2.01. The fourth-order valence-electron chi connectivity index (χ4n) is 1.39. The Morgan fingerprint density at radius 1 is 1.54 bits per heavy atom. The molecule has 1 aliphatic carbocycles. The van der Waals surface area contributed by atoms with E-state index < -0.39 is 0 Å². The van der Waals surface area contributed by atoms with Crippen LogP contribution in [0.5, 0.6) is 0 Å². The molecule has 3 heteroatoms. The predicted molar refractivity (Wildman–Crippen MR) is 48.6 cm³/mol. The lowest BCUT2D eigenvalue weighted by molar-refractivity contribution is 0.111. The number of rotatable bonds is 3. The average Bonchev–Trinajstić information content (AvgIpc) is 2.87. The molecule has 13 heavy (non-hydrogen) atoms. The second-order valence-electron chi connectivity index (χ2n) is 3.62. The maximum atomic E-state index is 10.5. The standard InChI is InChI=1S/C10H12N2O/c1-7-4-9(6-13)12-10(11-7)5-8-2-3-8/h4,6,8H,2-3,5H2,1H3. The Morgan fingerprint density at radius 3 is 2.92 bits per heavy atom. The molecule has 2 rings (SSSR count). The molecular weight excluding hydrogens is 164 g/mol. The van der Waals surface area contributed by atoms with Gasteiger partial charge in [-0.25, -0.2) is 9.97 Å². The normalized spacial score (nSPS) is 15.8. The zero-order chi connectivity index (χ0) is 9.26. The van der Waals surface area contributed by atoms with Crippen molar-refractivity contribution in [1.29, 1.82) is 0 Å². The van der Waals surface area contributed by atoms with Crippen LogP contribution in [0.25, 0.3) is 0 Å². The van der Waals surface area contributed by atoms with Crippen LogP contribution in [0.4, 0.5) is 0 Å². The molecule has 0 unspecified atom stereocenters. The van der Waals surface area contributed by atoms with Crippen LogP contribution in [0.2, 0.25) is 0 Å². The summed E-state index contributed by atoms with van der Waals surface area (Å²) >= 11 is 0. The first-order valence-corrected chi connectivity index (χ1v) is 4.57. The van der Waals surface area contributed by atoms with Crippen molar-refractivity contribution in [2.75, 3.05) is 0 Å². The summed E-state index contributed by atoms with van der Waals surface area (Å²) in [6.45, 7) is 1.89. The van der Waals surface area contributed by atoms with Crippen molar-refractivity contribution in [3.05, 3.63) is 23.3 Å². The van der Waals surface area contributed by atoms with Crippen LogP contribution < -0.4 is 0 Å². The summed E-state index contributed by atoms with van der Waals surface area (Å²) in [6.07, 6.45) is 4.29. The maximum absolute atomic E-state index is 10.5. The Balaban J connectivity index is 2.22. The quantitative estimate of drug-likeness (QED) is 0.656. The Kier molecular flexibility index (Phi) is 2.08. The van der Waals surface area contributed by atoms with Gasteiger partial charge in [-0.15, -0.1) is 0 Å². The Morgan fingerprint density at radius 2 is 2.31 bits per heavy atom. The van der Waals surface area contributed by atoms with Gasteiger partial charge in [-0.2, -0.15) is 0 Å². The minimum absolute atomic E-state index is 0.503. The second kappa shape index (κ2) is 3.24. The average molecular weight is 176 g/mol. The molecule has 0 atom stereocenters. The number of carbonyl (C=O) groups is 1. The van der Waals surface area contributed by atoms with E-state index in [-0.39, 0.29) is 0 Å². The highest BCUT2D eigenvalue weighted by molar-refractivity contribution is 5.71. The molecule has 0 aromatic carbocycles. The third-order valence-corrected chi connectivity index (χ3v) is 2.21. The summed E-state index contributed by atoms with van der Waals surface area (Å²) in [6, 6.07) is 1.71. The van der Waals surface area contributed by atoms with Crippen molar-refractivity contribution < 1.29 is 4.79 Å². The van der Waals surface area contributed by atoms with E-state index in [1.165, 1.54) is 12.8 Å². The van der Waals surface area contributed by atoms with E-state index in [9.17, 15) is 4.79 Å². The number of aldehydes is 1. The van der Waals surface area contributed by atoms with Crippen LogP contribution in [-0.2, 0) is 6.42 Å². The van der Waals surface area contributed by atoms with Crippen molar-refractivity contribution in [3.8, 4) is 0 Å². The van der Waals surface area contributed by atoms with Crippen LogP contribution in [0, 0.1) is 12.8 Å². The van der Waals surface area contributed by atoms with Crippen molar-refractivity contribution >= 4 is 6.29 Å². The Hall–Kier alpha value is -1.25. The number of hydrogen-bond acceptors (Lipinski definition) is 3. The highest BCUT2D eigenvalue weighted by atomic mass is 16.1. The minimum atomic E-state index is 0.503. The van der Waals surface area contributed by atoms with Crippen molar-refractivity contribution in [2.45, 2.75) is 26.2 Å². The van der Waals surface area contributed by atoms with E-state index in [0.717, 1.165) is 30.1 Å². The Labute approximate surface area is 77.2 Å². The van der Waals surface area contributed by atoms with Gasteiger partial charge in [-0.1, -0.05) is 0 Å². The van der Waals surface area contributed by atoms with Gasteiger partial charge < -0.3 is 0 Å². The first-order valence-electron chi connectivity index (χ1n) is 4.57. The number of aryl methyl sites for hydroxylation is 1. The molecule has 0 radical (unpaired) electrons. The van der Waals surface area contributed by atoms with Gasteiger partial charge in [0, 0.05) is 12.1 Å². The molecule has 0 amide bonds. The fourth-order valence-corrected chi connectivity index (χ4v) is 1.39. The van der Waals surface area contributed by atoms with Gasteiger partial charge in [-0.3, -0.25) is 4.79 Å². The SMILES string of the molecule is Cc1cc(C=O)nc(CC2CC2)n1. The molecular formula is C10H12N2O. The summed E-state index contributed by atoms with van der Waals surface area (Å²) in [5.41, 5.74) is 1.39. The molecule has 0 N–H and O–H groups in total. The molecule has 0 aliphatic heterocycles. The zero-order valence-corrected chi connectivity index (χ0v) is 7.66. The fraction of sp³-hybridized carbons (Fsp3) is 0.500. The van der Waals surface area contributed by atoms with Crippen LogP contribution in [0.1, 0.15) is 34.8 Å². The number of nitrogens with zero attached hydrogens (tertiary/aromatic N) is 2. The van der Waals surface area contributed by atoms with Gasteiger partial charge in [0.15, 0.2) is 6.29 Å². The predicted octanol–water partition coefficient (Wildman–Crippen LogP) is 1.55. The molecule has 1 fully saturated rings. The second-order valence-corrected chi connectivity index (χ2v) is 3.62. The van der Waals surface area contributed by atoms with Crippen molar-refractivity contribution in [1.82, 2.24) is 9.97 Å². The molecule has 1 aromatic heterocycles. The first-order chi connectivity index (χ1) is 6.28. The maximum Gasteiger partial charge on any atom is 0.168 e. The molecule has 1 heterocycles. The van der Waals surface area contributed by atoms with Crippen LogP contribution in [0.15, 0.2) is 6.07 Å². The van der Waals surface area contributed by atoms with E-state index in [1.54, 1.807) is 6.07 Å². The molecule has 3 nitrogen and oxygen atoms in total. The summed E-state index contributed by atoms with van der Waals surface area (Å²) in [7, 11) is 0. The van der Waals surface area contributed by atoms with Crippen molar-refractivity contribution in [3.63, 3.8) is 0 Å². The third-order valence-electron chi connectivity index (χ3n) is 2.21. The van der Waals surface area contributed by atoms with Crippen LogP contribution >= 0.6 is 0 Å².